The highest BCUT2D eigenvalue weighted by Gasteiger charge is 2.15. The van der Waals surface area contributed by atoms with Gasteiger partial charge in [0.25, 0.3) is 12.8 Å². The number of rotatable bonds is 3. The lowest BCUT2D eigenvalue weighted by Crippen LogP contribution is -2.41. The number of hydrogen-bond acceptors (Lipinski definition) is 5. The second-order valence-corrected chi connectivity index (χ2v) is 7.03. The molecule has 1 aromatic heterocycles. The van der Waals surface area contributed by atoms with Crippen molar-refractivity contribution in [3.05, 3.63) is 54.9 Å². The van der Waals surface area contributed by atoms with Gasteiger partial charge >= 0.3 is 0 Å². The molecule has 0 saturated heterocycles. The van der Waals surface area contributed by atoms with Crippen molar-refractivity contribution in [2.24, 2.45) is 10.2 Å². The van der Waals surface area contributed by atoms with Crippen LogP contribution in [0.15, 0.2) is 39.3 Å². The molecule has 0 bridgehead atoms. The van der Waals surface area contributed by atoms with Crippen molar-refractivity contribution in [2.45, 2.75) is 20.4 Å². The maximum atomic E-state index is 12.6. The standard InChI is InChI=1S/C17H17BN4O2S/c1-10-4-6-13(7-5-10)8-14-16(24)22(12(3)25-14)9-15(23)19-17-18-11(2)20-21-17/h4-8,18H,3,9H2,1-2H3,(H,19,21,23)/b14-8-. The molecule has 3 rings (SSSR count). The van der Waals surface area contributed by atoms with Gasteiger partial charge in [0, 0.05) is 5.61 Å². The summed E-state index contributed by atoms with van der Waals surface area (Å²) in [4.78, 5) is 24.7. The van der Waals surface area contributed by atoms with E-state index in [0.29, 0.717) is 22.2 Å². The van der Waals surface area contributed by atoms with Gasteiger partial charge in [-0.2, -0.15) is 5.10 Å². The SMILES string of the molecule is C=c1s/c(=C\c2ccc(C)cc2)c(=O)n1CC(=O)NC1=NN=C(C)B1. The molecule has 2 heterocycles. The van der Waals surface area contributed by atoms with E-state index < -0.39 is 0 Å². The van der Waals surface area contributed by atoms with E-state index in [1.165, 1.54) is 15.9 Å². The maximum Gasteiger partial charge on any atom is 0.269 e. The Morgan fingerprint density at radius 2 is 2.04 bits per heavy atom. The van der Waals surface area contributed by atoms with Crippen molar-refractivity contribution in [1.82, 2.24) is 9.88 Å². The molecule has 2 aromatic rings. The van der Waals surface area contributed by atoms with Crippen LogP contribution in [0.2, 0.25) is 0 Å². The van der Waals surface area contributed by atoms with Gasteiger partial charge in [-0.05, 0) is 25.5 Å². The molecule has 0 saturated carbocycles. The largest absolute Gasteiger partial charge is 0.319 e. The number of thiazole rings is 1. The molecule has 6 nitrogen and oxygen atoms in total. The Kier molecular flexibility index (Phi) is 4.80. The fraction of sp³-hybridized carbons (Fsp3) is 0.176. The Balaban J connectivity index is 1.80. The first kappa shape index (κ1) is 17.1. The molecule has 1 aliphatic heterocycles. The summed E-state index contributed by atoms with van der Waals surface area (Å²) in [5.41, 5.74) is 3.22. The highest BCUT2D eigenvalue weighted by atomic mass is 32.1. The smallest absolute Gasteiger partial charge is 0.269 e. The molecule has 0 unspecified atom stereocenters. The molecule has 0 radical (unpaired) electrons. The lowest BCUT2D eigenvalue weighted by Gasteiger charge is -2.04. The van der Waals surface area contributed by atoms with E-state index in [4.69, 9.17) is 0 Å². The van der Waals surface area contributed by atoms with Crippen LogP contribution in [0.3, 0.4) is 0 Å². The van der Waals surface area contributed by atoms with Crippen molar-refractivity contribution in [3.8, 4) is 0 Å². The van der Waals surface area contributed by atoms with Gasteiger partial charge in [0.2, 0.25) is 5.91 Å². The molecule has 1 amide bonds. The third kappa shape index (κ3) is 4.03. The number of aromatic nitrogens is 1. The zero-order chi connectivity index (χ0) is 18.0. The lowest BCUT2D eigenvalue weighted by molar-refractivity contribution is -0.120. The molecule has 8 heteroatoms. The second kappa shape index (κ2) is 7.02. The predicted octanol–water partition coefficient (Wildman–Crippen LogP) is -0.287. The molecular formula is C17H17BN4O2S. The summed E-state index contributed by atoms with van der Waals surface area (Å²) in [5, 5.41) is 10.4. The first-order valence-corrected chi connectivity index (χ1v) is 8.61. The van der Waals surface area contributed by atoms with E-state index in [1.807, 2.05) is 44.2 Å². The van der Waals surface area contributed by atoms with Crippen molar-refractivity contribution in [2.75, 3.05) is 0 Å². The second-order valence-electron chi connectivity index (χ2n) is 5.91. The van der Waals surface area contributed by atoms with Gasteiger partial charge in [0.15, 0.2) is 0 Å². The predicted molar refractivity (Wildman–Crippen MR) is 104 cm³/mol. The Morgan fingerprint density at radius 1 is 1.32 bits per heavy atom. The van der Waals surface area contributed by atoms with Crippen LogP contribution in [0.25, 0.3) is 12.7 Å². The minimum atomic E-state index is -0.310. The van der Waals surface area contributed by atoms with E-state index >= 15 is 0 Å². The van der Waals surface area contributed by atoms with Crippen molar-refractivity contribution < 1.29 is 4.79 Å². The van der Waals surface area contributed by atoms with E-state index in [-0.39, 0.29) is 18.0 Å². The zero-order valence-electron chi connectivity index (χ0n) is 14.1. The van der Waals surface area contributed by atoms with Crippen LogP contribution in [0.5, 0.6) is 0 Å². The van der Waals surface area contributed by atoms with Gasteiger partial charge in [0.1, 0.15) is 6.54 Å². The minimum Gasteiger partial charge on any atom is -0.319 e. The number of carbonyl (C=O) groups is 1. The van der Waals surface area contributed by atoms with Gasteiger partial charge in [-0.15, -0.1) is 16.4 Å². The van der Waals surface area contributed by atoms with E-state index in [1.54, 1.807) is 0 Å². The van der Waals surface area contributed by atoms with Crippen LogP contribution >= 0.6 is 11.3 Å². The molecule has 0 aliphatic carbocycles. The normalized spacial score (nSPS) is 14.1. The monoisotopic (exact) mass is 352 g/mol. The molecule has 126 valence electrons. The van der Waals surface area contributed by atoms with E-state index in [0.717, 1.165) is 16.7 Å². The summed E-state index contributed by atoms with van der Waals surface area (Å²) in [6, 6.07) is 7.88. The molecule has 0 atom stereocenters. The number of aryl methyl sites for hydroxylation is 1. The third-order valence-corrected chi connectivity index (χ3v) is 4.68. The highest BCUT2D eigenvalue weighted by Crippen LogP contribution is 2.03. The Bertz CT molecular complexity index is 1050. The molecule has 1 aromatic carbocycles. The van der Waals surface area contributed by atoms with Gasteiger partial charge in [-0.1, -0.05) is 36.4 Å². The van der Waals surface area contributed by atoms with Crippen molar-refractivity contribution in [1.29, 1.82) is 0 Å². The molecular weight excluding hydrogens is 335 g/mol. The Morgan fingerprint density at radius 3 is 2.68 bits per heavy atom. The number of nitrogens with one attached hydrogen (secondary N) is 1. The summed E-state index contributed by atoms with van der Waals surface area (Å²) in [6.45, 7) is 7.64. The summed E-state index contributed by atoms with van der Waals surface area (Å²) in [5.74, 6) is -0.310. The molecule has 0 fully saturated rings. The van der Waals surface area contributed by atoms with Crippen LogP contribution in [0, 0.1) is 6.92 Å². The van der Waals surface area contributed by atoms with Gasteiger partial charge in [-0.3, -0.25) is 14.2 Å². The average Bonchev–Trinajstić information content (AvgIpc) is 3.08. The fourth-order valence-electron chi connectivity index (χ4n) is 2.41. The first-order valence-electron chi connectivity index (χ1n) is 7.79. The summed E-state index contributed by atoms with van der Waals surface area (Å²) < 4.78 is 2.47. The molecule has 1 N–H and O–H groups in total. The summed E-state index contributed by atoms with van der Waals surface area (Å²) in [7, 11) is 0.522. The molecule has 25 heavy (non-hydrogen) atoms. The highest BCUT2D eigenvalue weighted by molar-refractivity contribution is 7.07. The first-order chi connectivity index (χ1) is 11.9. The van der Waals surface area contributed by atoms with Crippen LogP contribution in [-0.2, 0) is 11.3 Å². The fourth-order valence-corrected chi connectivity index (χ4v) is 3.31. The van der Waals surface area contributed by atoms with E-state index in [2.05, 4.69) is 22.1 Å². The summed E-state index contributed by atoms with van der Waals surface area (Å²) >= 11 is 1.28. The quantitative estimate of drug-likeness (QED) is 0.771. The molecule has 1 aliphatic rings. The number of amides is 1. The Hall–Kier alpha value is -2.74. The van der Waals surface area contributed by atoms with Crippen molar-refractivity contribution >= 4 is 48.5 Å². The zero-order valence-corrected chi connectivity index (χ0v) is 14.9. The Labute approximate surface area is 149 Å². The van der Waals surface area contributed by atoms with Crippen LogP contribution in [-0.4, -0.2) is 29.1 Å². The number of hydrogen-bond donors (Lipinski definition) is 1. The average molecular weight is 352 g/mol. The number of carbonyl (C=O) groups excluding carboxylic acids is 1. The van der Waals surface area contributed by atoms with Crippen LogP contribution < -0.4 is 20.1 Å². The van der Waals surface area contributed by atoms with Gasteiger partial charge < -0.3 is 5.32 Å². The number of nitrogens with zero attached hydrogens (tertiary/aromatic N) is 3. The van der Waals surface area contributed by atoms with Gasteiger partial charge in [-0.25, -0.2) is 0 Å². The number of benzene rings is 1. The third-order valence-electron chi connectivity index (χ3n) is 3.71. The summed E-state index contributed by atoms with van der Waals surface area (Å²) in [6.07, 6.45) is 1.81. The van der Waals surface area contributed by atoms with E-state index in [9.17, 15) is 9.59 Å². The van der Waals surface area contributed by atoms with Crippen LogP contribution in [0.4, 0.5) is 0 Å². The minimum absolute atomic E-state index is 0.0893. The van der Waals surface area contributed by atoms with Crippen molar-refractivity contribution in [3.63, 3.8) is 0 Å². The van der Waals surface area contributed by atoms with Gasteiger partial charge in [0.05, 0.1) is 14.9 Å². The lowest BCUT2D eigenvalue weighted by atomic mass is 9.72. The topological polar surface area (TPSA) is 75.8 Å². The maximum absolute atomic E-state index is 12.6. The number of amidine groups is 1. The van der Waals surface area contributed by atoms with Crippen LogP contribution in [0.1, 0.15) is 18.1 Å². The molecule has 0 spiro atoms.